The number of nitrogens with two attached hydrogens (primary N) is 1. The van der Waals surface area contributed by atoms with E-state index in [2.05, 4.69) is 5.32 Å². The van der Waals surface area contributed by atoms with Gasteiger partial charge in [0.25, 0.3) is 0 Å². The molecular weight excluding hydrogens is 240 g/mol. The summed E-state index contributed by atoms with van der Waals surface area (Å²) in [7, 11) is 0. The lowest BCUT2D eigenvalue weighted by atomic mass is 9.97. The zero-order valence-electron chi connectivity index (χ0n) is 12.6. The Morgan fingerprint density at radius 1 is 1.21 bits per heavy atom. The van der Waals surface area contributed by atoms with Crippen molar-refractivity contribution in [3.63, 3.8) is 0 Å². The first-order valence-corrected chi connectivity index (χ1v) is 6.62. The highest BCUT2D eigenvalue weighted by Gasteiger charge is 2.12. The number of benzene rings is 1. The van der Waals surface area contributed by atoms with Crippen LogP contribution in [0.5, 0.6) is 0 Å². The molecule has 0 unspecified atom stereocenters. The van der Waals surface area contributed by atoms with Gasteiger partial charge in [-0.25, -0.2) is 4.79 Å². The van der Waals surface area contributed by atoms with Gasteiger partial charge >= 0.3 is 6.09 Å². The molecule has 1 amide bonds. The van der Waals surface area contributed by atoms with Crippen molar-refractivity contribution < 1.29 is 9.53 Å². The minimum absolute atomic E-state index is 0.0558. The van der Waals surface area contributed by atoms with E-state index in [-0.39, 0.29) is 12.0 Å². The van der Waals surface area contributed by atoms with Crippen molar-refractivity contribution in [1.82, 2.24) is 5.32 Å². The summed E-state index contributed by atoms with van der Waals surface area (Å²) in [5.74, 6) is 0. The number of ether oxygens (including phenoxy) is 1. The number of rotatable bonds is 3. The van der Waals surface area contributed by atoms with E-state index in [4.69, 9.17) is 10.5 Å². The molecule has 3 N–H and O–H groups in total. The number of nitrogen functional groups attached to an aromatic ring is 1. The van der Waals surface area contributed by atoms with Gasteiger partial charge in [-0.1, -0.05) is 46.8 Å². The van der Waals surface area contributed by atoms with Crippen molar-refractivity contribution in [1.29, 1.82) is 0 Å². The van der Waals surface area contributed by atoms with Crippen molar-refractivity contribution in [3.8, 4) is 0 Å². The van der Waals surface area contributed by atoms with Crippen LogP contribution in [-0.2, 0) is 11.3 Å². The third-order valence-corrected chi connectivity index (χ3v) is 2.11. The molecule has 108 valence electrons. The molecule has 4 heteroatoms. The molecule has 0 fully saturated rings. The molecule has 0 saturated heterocycles. The monoisotopic (exact) mass is 266 g/mol. The predicted molar refractivity (Wildman–Crippen MR) is 79.8 cm³/mol. The minimum atomic E-state index is -0.392. The molecule has 0 bridgehead atoms. The average molecular weight is 266 g/mol. The standard InChI is InChI=1S/C13H20N2O2.C2H6/c1-13(2,3)9-15-12(16)17-8-10-4-6-11(14)7-5-10;1-2/h4-7H,8-9,14H2,1-3H3,(H,15,16);1-2H3. The van der Waals surface area contributed by atoms with E-state index in [0.29, 0.717) is 12.2 Å². The summed E-state index contributed by atoms with van der Waals surface area (Å²) in [6.45, 7) is 11.0. The molecule has 0 heterocycles. The summed E-state index contributed by atoms with van der Waals surface area (Å²) < 4.78 is 5.07. The van der Waals surface area contributed by atoms with Crippen LogP contribution in [0.4, 0.5) is 10.5 Å². The number of hydrogen-bond donors (Lipinski definition) is 2. The molecule has 0 aliphatic heterocycles. The topological polar surface area (TPSA) is 64.3 Å². The second-order valence-corrected chi connectivity index (χ2v) is 5.23. The van der Waals surface area contributed by atoms with Crippen molar-refractivity contribution in [3.05, 3.63) is 29.8 Å². The van der Waals surface area contributed by atoms with Crippen LogP contribution >= 0.6 is 0 Å². The third-order valence-electron chi connectivity index (χ3n) is 2.11. The van der Waals surface area contributed by atoms with Gasteiger partial charge in [-0.3, -0.25) is 0 Å². The molecule has 0 atom stereocenters. The van der Waals surface area contributed by atoms with E-state index >= 15 is 0 Å². The number of carbonyl (C=O) groups excluding carboxylic acids is 1. The van der Waals surface area contributed by atoms with E-state index in [1.54, 1.807) is 12.1 Å². The van der Waals surface area contributed by atoms with Crippen LogP contribution in [0.1, 0.15) is 40.2 Å². The number of hydrogen-bond acceptors (Lipinski definition) is 3. The van der Waals surface area contributed by atoms with Crippen molar-refractivity contribution in [2.75, 3.05) is 12.3 Å². The van der Waals surface area contributed by atoms with Gasteiger partial charge in [0.2, 0.25) is 0 Å². The molecule has 1 rings (SSSR count). The highest BCUT2D eigenvalue weighted by Crippen LogP contribution is 2.10. The first-order chi connectivity index (χ1) is 8.87. The number of nitrogens with one attached hydrogen (secondary N) is 1. The van der Waals surface area contributed by atoms with Crippen LogP contribution in [0, 0.1) is 5.41 Å². The quantitative estimate of drug-likeness (QED) is 0.822. The average Bonchev–Trinajstić information content (AvgIpc) is 2.37. The van der Waals surface area contributed by atoms with Crippen LogP contribution in [0.2, 0.25) is 0 Å². The Morgan fingerprint density at radius 3 is 2.21 bits per heavy atom. The smallest absolute Gasteiger partial charge is 0.407 e. The maximum atomic E-state index is 11.4. The summed E-state index contributed by atoms with van der Waals surface area (Å²) in [6, 6.07) is 7.25. The fraction of sp³-hybridized carbons (Fsp3) is 0.533. The summed E-state index contributed by atoms with van der Waals surface area (Å²) in [5.41, 5.74) is 7.24. The normalized spacial score (nSPS) is 10.2. The van der Waals surface area contributed by atoms with Gasteiger partial charge in [-0.2, -0.15) is 0 Å². The third kappa shape index (κ3) is 8.94. The zero-order chi connectivity index (χ0) is 14.9. The minimum Gasteiger partial charge on any atom is -0.445 e. The molecule has 0 aromatic heterocycles. The highest BCUT2D eigenvalue weighted by atomic mass is 16.5. The number of amides is 1. The van der Waals surface area contributed by atoms with E-state index < -0.39 is 6.09 Å². The van der Waals surface area contributed by atoms with Crippen molar-refractivity contribution in [2.24, 2.45) is 5.41 Å². The van der Waals surface area contributed by atoms with Crippen molar-refractivity contribution >= 4 is 11.8 Å². The Balaban J connectivity index is 0.00000154. The van der Waals surface area contributed by atoms with E-state index in [1.807, 2.05) is 46.8 Å². The molecule has 1 aromatic rings. The van der Waals surface area contributed by atoms with Gasteiger partial charge in [0.05, 0.1) is 0 Å². The Morgan fingerprint density at radius 2 is 1.74 bits per heavy atom. The molecule has 0 spiro atoms. The van der Waals surface area contributed by atoms with Crippen LogP contribution in [0.15, 0.2) is 24.3 Å². The largest absolute Gasteiger partial charge is 0.445 e. The number of anilines is 1. The Labute approximate surface area is 116 Å². The molecule has 0 radical (unpaired) electrons. The fourth-order valence-electron chi connectivity index (χ4n) is 1.15. The van der Waals surface area contributed by atoms with Gasteiger partial charge < -0.3 is 15.8 Å². The molecular formula is C15H26N2O2. The first-order valence-electron chi connectivity index (χ1n) is 6.62. The summed E-state index contributed by atoms with van der Waals surface area (Å²) in [5, 5.41) is 2.72. The van der Waals surface area contributed by atoms with Crippen LogP contribution in [0.3, 0.4) is 0 Å². The highest BCUT2D eigenvalue weighted by molar-refractivity contribution is 5.67. The van der Waals surface area contributed by atoms with Gasteiger partial charge in [-0.15, -0.1) is 0 Å². The van der Waals surface area contributed by atoms with Gasteiger partial charge in [0.15, 0.2) is 0 Å². The second kappa shape index (κ2) is 8.40. The Hall–Kier alpha value is -1.71. The van der Waals surface area contributed by atoms with E-state index in [1.165, 1.54) is 0 Å². The fourth-order valence-corrected chi connectivity index (χ4v) is 1.15. The Bertz CT molecular complexity index is 367. The molecule has 1 aromatic carbocycles. The lowest BCUT2D eigenvalue weighted by molar-refractivity contribution is 0.136. The lowest BCUT2D eigenvalue weighted by Crippen LogP contribution is -2.32. The summed E-state index contributed by atoms with van der Waals surface area (Å²) in [4.78, 5) is 11.4. The second-order valence-electron chi connectivity index (χ2n) is 5.23. The van der Waals surface area contributed by atoms with Crippen LogP contribution in [0.25, 0.3) is 0 Å². The maximum absolute atomic E-state index is 11.4. The van der Waals surface area contributed by atoms with Crippen LogP contribution in [-0.4, -0.2) is 12.6 Å². The number of alkyl carbamates (subject to hydrolysis) is 1. The molecule has 0 saturated carbocycles. The lowest BCUT2D eigenvalue weighted by Gasteiger charge is -2.18. The SMILES string of the molecule is CC.CC(C)(C)CNC(=O)OCc1ccc(N)cc1. The summed E-state index contributed by atoms with van der Waals surface area (Å²) >= 11 is 0. The predicted octanol–water partition coefficient (Wildman–Crippen LogP) is 3.57. The van der Waals surface area contributed by atoms with Crippen LogP contribution < -0.4 is 11.1 Å². The molecule has 0 aliphatic carbocycles. The van der Waals surface area contributed by atoms with Gasteiger partial charge in [0, 0.05) is 12.2 Å². The molecule has 0 aliphatic rings. The first kappa shape index (κ1) is 17.3. The number of carbonyl (C=O) groups is 1. The molecule has 19 heavy (non-hydrogen) atoms. The Kier molecular flexibility index (Phi) is 7.65. The van der Waals surface area contributed by atoms with E-state index in [0.717, 1.165) is 5.56 Å². The maximum Gasteiger partial charge on any atom is 0.407 e. The van der Waals surface area contributed by atoms with E-state index in [9.17, 15) is 4.79 Å². The zero-order valence-corrected chi connectivity index (χ0v) is 12.6. The van der Waals surface area contributed by atoms with Crippen molar-refractivity contribution in [2.45, 2.75) is 41.2 Å². The molecule has 4 nitrogen and oxygen atoms in total. The summed E-state index contributed by atoms with van der Waals surface area (Å²) in [6.07, 6.45) is -0.392. The van der Waals surface area contributed by atoms with Gasteiger partial charge in [0.1, 0.15) is 6.61 Å². The van der Waals surface area contributed by atoms with Gasteiger partial charge in [-0.05, 0) is 23.1 Å².